The van der Waals surface area contributed by atoms with Gasteiger partial charge in [-0.05, 0) is 25.0 Å². The molecule has 0 aromatic heterocycles. The number of hydrogen-bond donors (Lipinski definition) is 0. The highest BCUT2D eigenvalue weighted by atomic mass is 16.6. The molecule has 3 nitrogen and oxygen atoms in total. The van der Waals surface area contributed by atoms with Gasteiger partial charge in [0.1, 0.15) is 12.9 Å². The Morgan fingerprint density at radius 1 is 1.36 bits per heavy atom. The lowest BCUT2D eigenvalue weighted by Gasteiger charge is -2.17. The van der Waals surface area contributed by atoms with Crippen LogP contribution in [0.1, 0.15) is 17.5 Å². The Kier molecular flexibility index (Phi) is 2.39. The fourth-order valence-electron chi connectivity index (χ4n) is 1.59. The molecule has 0 amide bonds. The summed E-state index contributed by atoms with van der Waals surface area (Å²) in [5, 5.41) is 3.80. The summed E-state index contributed by atoms with van der Waals surface area (Å²) in [4.78, 5) is 4.68. The molecular weight excluding hydrogens is 178 g/mol. The molecule has 0 unspecified atom stereocenters. The largest absolute Gasteiger partial charge is 0.439 e. The first-order chi connectivity index (χ1) is 6.79. The molecule has 0 atom stereocenters. The molecule has 74 valence electrons. The van der Waals surface area contributed by atoms with Crippen LogP contribution >= 0.6 is 0 Å². The van der Waals surface area contributed by atoms with Crippen LogP contribution < -0.4 is 4.74 Å². The fourth-order valence-corrected chi connectivity index (χ4v) is 1.59. The van der Waals surface area contributed by atoms with E-state index in [-0.39, 0.29) is 0 Å². The molecule has 0 fully saturated rings. The van der Waals surface area contributed by atoms with Crippen LogP contribution in [-0.2, 0) is 11.3 Å². The van der Waals surface area contributed by atoms with Crippen molar-refractivity contribution in [3.63, 3.8) is 0 Å². The SMILES string of the molecule is CON=C1CCc2cc(C)ccc2O1. The number of hydrogen-bond acceptors (Lipinski definition) is 3. The van der Waals surface area contributed by atoms with Crippen molar-refractivity contribution in [2.24, 2.45) is 5.16 Å². The number of ether oxygens (including phenoxy) is 1. The quantitative estimate of drug-likeness (QED) is 0.637. The van der Waals surface area contributed by atoms with Gasteiger partial charge >= 0.3 is 0 Å². The molecule has 0 saturated carbocycles. The monoisotopic (exact) mass is 191 g/mol. The third-order valence-electron chi connectivity index (χ3n) is 2.25. The molecule has 1 aliphatic heterocycles. The maximum absolute atomic E-state index is 5.55. The standard InChI is InChI=1S/C11H13NO2/c1-8-3-5-10-9(7-8)4-6-11(14-10)12-13-2/h3,5,7H,4,6H2,1-2H3. The van der Waals surface area contributed by atoms with Crippen molar-refractivity contribution in [3.05, 3.63) is 29.3 Å². The predicted molar refractivity (Wildman–Crippen MR) is 54.6 cm³/mol. The van der Waals surface area contributed by atoms with Crippen molar-refractivity contribution in [1.29, 1.82) is 0 Å². The van der Waals surface area contributed by atoms with Crippen molar-refractivity contribution in [2.75, 3.05) is 7.11 Å². The van der Waals surface area contributed by atoms with E-state index in [1.54, 1.807) is 0 Å². The van der Waals surface area contributed by atoms with E-state index in [0.29, 0.717) is 5.90 Å². The Labute approximate surface area is 83.3 Å². The molecule has 2 rings (SSSR count). The van der Waals surface area contributed by atoms with Crippen molar-refractivity contribution < 1.29 is 9.57 Å². The molecule has 1 aliphatic rings. The van der Waals surface area contributed by atoms with Gasteiger partial charge in [-0.25, -0.2) is 0 Å². The summed E-state index contributed by atoms with van der Waals surface area (Å²) in [6.07, 6.45) is 1.78. The summed E-state index contributed by atoms with van der Waals surface area (Å²) in [6, 6.07) is 6.17. The van der Waals surface area contributed by atoms with E-state index in [9.17, 15) is 0 Å². The minimum atomic E-state index is 0.656. The van der Waals surface area contributed by atoms with E-state index in [2.05, 4.69) is 23.0 Å². The van der Waals surface area contributed by atoms with Gasteiger partial charge in [0, 0.05) is 6.42 Å². The topological polar surface area (TPSA) is 30.8 Å². The fraction of sp³-hybridized carbons (Fsp3) is 0.364. The molecular formula is C11H13NO2. The molecule has 3 heteroatoms. The third-order valence-corrected chi connectivity index (χ3v) is 2.25. The Morgan fingerprint density at radius 2 is 2.21 bits per heavy atom. The highest BCUT2D eigenvalue weighted by molar-refractivity contribution is 5.80. The highest BCUT2D eigenvalue weighted by Gasteiger charge is 2.15. The average Bonchev–Trinajstić information content (AvgIpc) is 2.19. The summed E-state index contributed by atoms with van der Waals surface area (Å²) < 4.78 is 5.55. The Balaban J connectivity index is 2.27. The number of fused-ring (bicyclic) bond motifs is 1. The number of nitrogens with zero attached hydrogens (tertiary/aromatic N) is 1. The van der Waals surface area contributed by atoms with Crippen LogP contribution in [0.4, 0.5) is 0 Å². The Hall–Kier alpha value is -1.51. The van der Waals surface area contributed by atoms with Gasteiger partial charge in [-0.2, -0.15) is 0 Å². The molecule has 1 aromatic rings. The lowest BCUT2D eigenvalue weighted by molar-refractivity contribution is 0.203. The Bertz CT molecular complexity index is 372. The van der Waals surface area contributed by atoms with Gasteiger partial charge in [-0.1, -0.05) is 22.9 Å². The second kappa shape index (κ2) is 3.70. The maximum Gasteiger partial charge on any atom is 0.231 e. The van der Waals surface area contributed by atoms with E-state index >= 15 is 0 Å². The predicted octanol–water partition coefficient (Wildman–Crippen LogP) is 2.28. The number of rotatable bonds is 1. The van der Waals surface area contributed by atoms with Gasteiger partial charge in [0.2, 0.25) is 5.90 Å². The molecule has 1 aromatic carbocycles. The summed E-state index contributed by atoms with van der Waals surface area (Å²) in [5.74, 6) is 1.56. The maximum atomic E-state index is 5.55. The highest BCUT2D eigenvalue weighted by Crippen LogP contribution is 2.26. The normalized spacial score (nSPS) is 17.4. The molecule has 14 heavy (non-hydrogen) atoms. The Morgan fingerprint density at radius 3 is 3.00 bits per heavy atom. The summed E-state index contributed by atoms with van der Waals surface area (Å²) in [6.45, 7) is 2.08. The average molecular weight is 191 g/mol. The van der Waals surface area contributed by atoms with Crippen molar-refractivity contribution in [2.45, 2.75) is 19.8 Å². The lowest BCUT2D eigenvalue weighted by atomic mass is 10.0. The van der Waals surface area contributed by atoms with Gasteiger partial charge in [-0.15, -0.1) is 0 Å². The molecule has 0 spiro atoms. The summed E-state index contributed by atoms with van der Waals surface area (Å²) >= 11 is 0. The van der Waals surface area contributed by atoms with Gasteiger partial charge < -0.3 is 9.57 Å². The van der Waals surface area contributed by atoms with Crippen LogP contribution in [0.15, 0.2) is 23.4 Å². The van der Waals surface area contributed by atoms with E-state index in [4.69, 9.17) is 4.74 Å². The first-order valence-electron chi connectivity index (χ1n) is 4.67. The van der Waals surface area contributed by atoms with Crippen molar-refractivity contribution in [3.8, 4) is 5.75 Å². The van der Waals surface area contributed by atoms with Crippen LogP contribution in [0.2, 0.25) is 0 Å². The summed E-state index contributed by atoms with van der Waals surface area (Å²) in [5.41, 5.74) is 2.51. The van der Waals surface area contributed by atoms with Crippen LogP contribution in [0.5, 0.6) is 5.75 Å². The molecule has 0 saturated heterocycles. The minimum absolute atomic E-state index is 0.656. The second-order valence-corrected chi connectivity index (χ2v) is 3.38. The van der Waals surface area contributed by atoms with Crippen molar-refractivity contribution in [1.82, 2.24) is 0 Å². The zero-order chi connectivity index (χ0) is 9.97. The molecule has 0 bridgehead atoms. The van der Waals surface area contributed by atoms with Gasteiger partial charge in [0.05, 0.1) is 0 Å². The van der Waals surface area contributed by atoms with Crippen molar-refractivity contribution >= 4 is 5.90 Å². The van der Waals surface area contributed by atoms with E-state index in [1.807, 2.05) is 12.1 Å². The third kappa shape index (κ3) is 1.71. The second-order valence-electron chi connectivity index (χ2n) is 3.38. The molecule has 0 radical (unpaired) electrons. The smallest absolute Gasteiger partial charge is 0.231 e. The van der Waals surface area contributed by atoms with Gasteiger partial charge in [0.15, 0.2) is 0 Å². The van der Waals surface area contributed by atoms with Gasteiger partial charge in [-0.3, -0.25) is 0 Å². The van der Waals surface area contributed by atoms with Crippen LogP contribution in [0.3, 0.4) is 0 Å². The van der Waals surface area contributed by atoms with Crippen LogP contribution in [0, 0.1) is 6.92 Å². The van der Waals surface area contributed by atoms with Crippen LogP contribution in [0.25, 0.3) is 0 Å². The number of benzene rings is 1. The molecule has 0 N–H and O–H groups in total. The first kappa shape index (κ1) is 9.06. The van der Waals surface area contributed by atoms with Crippen LogP contribution in [-0.4, -0.2) is 13.0 Å². The van der Waals surface area contributed by atoms with E-state index in [0.717, 1.165) is 18.6 Å². The molecule has 1 heterocycles. The number of oxime groups is 1. The first-order valence-corrected chi connectivity index (χ1v) is 4.67. The number of aryl methyl sites for hydroxylation is 2. The zero-order valence-corrected chi connectivity index (χ0v) is 8.41. The van der Waals surface area contributed by atoms with E-state index in [1.165, 1.54) is 18.2 Å². The zero-order valence-electron chi connectivity index (χ0n) is 8.41. The summed E-state index contributed by atoms with van der Waals surface area (Å²) in [7, 11) is 1.53. The van der Waals surface area contributed by atoms with Gasteiger partial charge in [0.25, 0.3) is 0 Å². The lowest BCUT2D eigenvalue weighted by Crippen LogP contribution is -2.16. The molecule has 0 aliphatic carbocycles. The van der Waals surface area contributed by atoms with E-state index < -0.39 is 0 Å². The minimum Gasteiger partial charge on any atom is -0.439 e.